The molecule has 0 spiro atoms. The van der Waals surface area contributed by atoms with Crippen molar-refractivity contribution in [3.63, 3.8) is 0 Å². The summed E-state index contributed by atoms with van der Waals surface area (Å²) < 4.78 is 1.72. The van der Waals surface area contributed by atoms with Crippen LogP contribution in [0.2, 0.25) is 0 Å². The van der Waals surface area contributed by atoms with Crippen molar-refractivity contribution in [3.05, 3.63) is 23.7 Å². The summed E-state index contributed by atoms with van der Waals surface area (Å²) >= 11 is 1.19. The van der Waals surface area contributed by atoms with Gasteiger partial charge in [0.15, 0.2) is 0 Å². The number of hydrogen-bond donors (Lipinski definition) is 2. The summed E-state index contributed by atoms with van der Waals surface area (Å²) in [5.41, 5.74) is 0.518. The summed E-state index contributed by atoms with van der Waals surface area (Å²) in [7, 11) is -1.36. The molecule has 0 aliphatic heterocycles. The Balaban J connectivity index is 4.18. The van der Waals surface area contributed by atoms with E-state index in [2.05, 4.69) is 6.08 Å². The van der Waals surface area contributed by atoms with Crippen molar-refractivity contribution in [1.29, 1.82) is 0 Å². The monoisotopic (exact) mass is 307 g/mol. The van der Waals surface area contributed by atoms with E-state index in [1.54, 1.807) is 23.5 Å². The normalized spacial score (nSPS) is 12.1. The summed E-state index contributed by atoms with van der Waals surface area (Å²) in [4.78, 5) is 0. The molecule has 4 heteroatoms. The maximum atomic E-state index is 8.66. The van der Waals surface area contributed by atoms with Gasteiger partial charge in [0.1, 0.15) is 0 Å². The van der Waals surface area contributed by atoms with Crippen molar-refractivity contribution < 1.29 is 29.4 Å². The summed E-state index contributed by atoms with van der Waals surface area (Å²) in [6.07, 6.45) is 6.02. The van der Waals surface area contributed by atoms with Crippen molar-refractivity contribution in [1.82, 2.24) is 0 Å². The molecule has 0 amide bonds. The Kier molecular flexibility index (Phi) is 5.80. The van der Waals surface area contributed by atoms with Crippen LogP contribution in [-0.2, 0) is 19.4 Å². The minimum atomic E-state index is -1.36. The molecule has 0 bridgehead atoms. The molecule has 0 rings (SSSR count). The molecule has 10 heavy (non-hydrogen) atoms. The molecule has 0 fully saturated rings. The zero-order valence-corrected chi connectivity index (χ0v) is 8.55. The fourth-order valence-electron chi connectivity index (χ4n) is 0.366. The standard InChI is InChI=1S/C6H8BO2.W/c1-3-4-5-6(2)7(8)9;/h2,4-5,8-9H,1H3;/q-1;/b6-5+;. The molecule has 0 aromatic heterocycles. The number of rotatable bonds is 3. The van der Waals surface area contributed by atoms with Crippen LogP contribution in [0.5, 0.6) is 0 Å². The topological polar surface area (TPSA) is 40.5 Å². The Morgan fingerprint density at radius 3 is 2.50 bits per heavy atom. The van der Waals surface area contributed by atoms with E-state index < -0.39 is 7.12 Å². The summed E-state index contributed by atoms with van der Waals surface area (Å²) in [6, 6.07) is 0. The molecule has 54 valence electrons. The average Bonchev–Trinajstić information content (AvgIpc) is 1.89. The Morgan fingerprint density at radius 1 is 1.60 bits per heavy atom. The third-order valence-electron chi connectivity index (χ3n) is 0.877. The predicted octanol–water partition coefficient (Wildman–Crippen LogP) is -0.347. The second-order valence-electron chi connectivity index (χ2n) is 1.61. The Bertz CT molecular complexity index is 163. The van der Waals surface area contributed by atoms with Gasteiger partial charge in [0.25, 0.3) is 0 Å². The van der Waals surface area contributed by atoms with Crippen LogP contribution < -0.4 is 0 Å². The van der Waals surface area contributed by atoms with Gasteiger partial charge >= 0.3 is 71.5 Å². The fourth-order valence-corrected chi connectivity index (χ4v) is 1.09. The van der Waals surface area contributed by atoms with E-state index in [-0.39, 0.29) is 0 Å². The summed E-state index contributed by atoms with van der Waals surface area (Å²) in [5, 5.41) is 17.3. The van der Waals surface area contributed by atoms with Gasteiger partial charge < -0.3 is 0 Å². The van der Waals surface area contributed by atoms with Crippen LogP contribution in [-0.4, -0.2) is 21.6 Å². The third-order valence-corrected chi connectivity index (χ3v) is 1.85. The van der Waals surface area contributed by atoms with Crippen molar-refractivity contribution >= 4 is 11.5 Å². The third kappa shape index (κ3) is 3.94. The molecule has 0 aliphatic rings. The molecule has 0 saturated heterocycles. The maximum absolute atomic E-state index is 8.66. The van der Waals surface area contributed by atoms with E-state index in [0.29, 0.717) is 5.47 Å². The zero-order chi connectivity index (χ0) is 7.98. The molecular weight excluding hydrogens is 299 g/mol. The van der Waals surface area contributed by atoms with E-state index >= 15 is 0 Å². The van der Waals surface area contributed by atoms with Crippen LogP contribution in [0.25, 0.3) is 0 Å². The first-order valence-corrected chi connectivity index (χ1v) is 4.43. The van der Waals surface area contributed by atoms with E-state index in [1.807, 2.05) is 0 Å². The number of allylic oxidation sites excluding steroid dienone is 4. The molecule has 2 nitrogen and oxygen atoms in total. The molecule has 0 atom stereocenters. The van der Waals surface area contributed by atoms with Gasteiger partial charge in [0, 0.05) is 0 Å². The minimum absolute atomic E-state index is 0.518. The molecule has 0 aliphatic carbocycles. The van der Waals surface area contributed by atoms with E-state index in [1.165, 1.54) is 19.4 Å². The Morgan fingerprint density at radius 2 is 2.20 bits per heavy atom. The van der Waals surface area contributed by atoms with Gasteiger partial charge in [0.05, 0.1) is 0 Å². The van der Waals surface area contributed by atoms with Gasteiger partial charge in [-0.3, -0.25) is 0 Å². The summed E-state index contributed by atoms with van der Waals surface area (Å²) in [5.74, 6) is 0. The Hall–Kier alpha value is 0.0232. The predicted molar refractivity (Wildman–Crippen MR) is 37.8 cm³/mol. The molecule has 0 unspecified atom stereocenters. The Labute approximate surface area is 71.8 Å². The van der Waals surface area contributed by atoms with E-state index in [4.69, 9.17) is 10.0 Å². The van der Waals surface area contributed by atoms with Crippen LogP contribution in [0.4, 0.5) is 0 Å². The molecule has 0 aromatic rings. The van der Waals surface area contributed by atoms with Gasteiger partial charge in [-0.2, -0.15) is 0 Å². The SMILES string of the molecule is C[C-]=C/C=C(\[CH]=[W])B(O)O. The quantitative estimate of drug-likeness (QED) is 0.425. The summed E-state index contributed by atoms with van der Waals surface area (Å²) in [6.45, 7) is 1.75. The van der Waals surface area contributed by atoms with E-state index in [0.717, 1.165) is 0 Å². The van der Waals surface area contributed by atoms with Crippen LogP contribution in [0.3, 0.4) is 0 Å². The second kappa shape index (κ2) is 5.78. The molecule has 2 N–H and O–H groups in total. The van der Waals surface area contributed by atoms with Crippen molar-refractivity contribution in [3.8, 4) is 0 Å². The molecule has 0 radical (unpaired) electrons. The fraction of sp³-hybridized carbons (Fsp3) is 0.167. The molecular formula is C6H8BO2W-. The van der Waals surface area contributed by atoms with E-state index in [9.17, 15) is 0 Å². The van der Waals surface area contributed by atoms with Gasteiger partial charge in [-0.05, 0) is 0 Å². The van der Waals surface area contributed by atoms with Crippen molar-refractivity contribution in [2.75, 3.05) is 0 Å². The first-order valence-electron chi connectivity index (χ1n) is 2.74. The average molecular weight is 307 g/mol. The van der Waals surface area contributed by atoms with Gasteiger partial charge in [-0.15, -0.1) is 0 Å². The van der Waals surface area contributed by atoms with Gasteiger partial charge in [-0.1, -0.05) is 0 Å². The van der Waals surface area contributed by atoms with Gasteiger partial charge in [0.2, 0.25) is 0 Å². The van der Waals surface area contributed by atoms with Crippen molar-refractivity contribution in [2.24, 2.45) is 0 Å². The molecule has 0 heterocycles. The zero-order valence-electron chi connectivity index (χ0n) is 5.61. The molecule has 0 aromatic carbocycles. The number of hydrogen-bond acceptors (Lipinski definition) is 2. The van der Waals surface area contributed by atoms with Crippen LogP contribution in [0, 0.1) is 6.08 Å². The van der Waals surface area contributed by atoms with Crippen molar-refractivity contribution in [2.45, 2.75) is 6.92 Å². The molecule has 0 saturated carbocycles. The van der Waals surface area contributed by atoms with Crippen LogP contribution in [0.1, 0.15) is 6.92 Å². The van der Waals surface area contributed by atoms with Crippen LogP contribution in [0.15, 0.2) is 17.6 Å². The second-order valence-corrected chi connectivity index (χ2v) is 2.46. The first kappa shape index (κ1) is 10.0. The van der Waals surface area contributed by atoms with Gasteiger partial charge in [-0.25, -0.2) is 0 Å². The first-order chi connectivity index (χ1) is 4.72. The van der Waals surface area contributed by atoms with Crippen LogP contribution >= 0.6 is 0 Å².